The van der Waals surface area contributed by atoms with Gasteiger partial charge in [0.25, 0.3) is 5.91 Å². The van der Waals surface area contributed by atoms with Crippen molar-refractivity contribution in [2.75, 3.05) is 16.4 Å². The number of pyridine rings is 2. The van der Waals surface area contributed by atoms with Crippen LogP contribution < -0.4 is 21.7 Å². The Morgan fingerprint density at radius 2 is 1.79 bits per heavy atom. The molecule has 0 spiro atoms. The van der Waals surface area contributed by atoms with Gasteiger partial charge in [-0.25, -0.2) is 14.2 Å². The number of anilines is 3. The number of urea groups is 1. The molecule has 0 aliphatic rings. The van der Waals surface area contributed by atoms with E-state index in [0.29, 0.717) is 23.6 Å². The summed E-state index contributed by atoms with van der Waals surface area (Å²) in [4.78, 5) is 33.1. The van der Waals surface area contributed by atoms with Gasteiger partial charge in [0.05, 0.1) is 5.69 Å². The summed E-state index contributed by atoms with van der Waals surface area (Å²) in [7, 11) is 0. The first-order valence-electron chi connectivity index (χ1n) is 11.4. The summed E-state index contributed by atoms with van der Waals surface area (Å²) in [6.07, 6.45) is 4.81. The molecule has 0 radical (unpaired) electrons. The van der Waals surface area contributed by atoms with Gasteiger partial charge in [-0.2, -0.15) is 0 Å². The molecule has 0 fully saturated rings. The number of hydrogen-bond donors (Lipinski definition) is 4. The first-order valence-corrected chi connectivity index (χ1v) is 13.3. The summed E-state index contributed by atoms with van der Waals surface area (Å²) < 4.78 is 15.7. The summed E-state index contributed by atoms with van der Waals surface area (Å²) in [5.74, 6) is -0.324. The highest BCUT2D eigenvalue weighted by Gasteiger charge is 2.15. The fourth-order valence-electron chi connectivity index (χ4n) is 3.85. The van der Waals surface area contributed by atoms with Crippen LogP contribution in [0, 0.1) is 9.39 Å². The lowest BCUT2D eigenvalue weighted by Crippen LogP contribution is -2.22. The fraction of sp³-hybridized carbons (Fsp3) is 0.0370. The Labute approximate surface area is 234 Å². The summed E-state index contributed by atoms with van der Waals surface area (Å²) >= 11 is 3.57. The highest BCUT2D eigenvalue weighted by Crippen LogP contribution is 2.38. The Morgan fingerprint density at radius 3 is 2.55 bits per heavy atom. The number of benzene rings is 2. The van der Waals surface area contributed by atoms with Crippen molar-refractivity contribution in [3.63, 3.8) is 0 Å². The van der Waals surface area contributed by atoms with Crippen molar-refractivity contribution in [3.8, 4) is 11.1 Å². The lowest BCUT2D eigenvalue weighted by Gasteiger charge is -2.10. The van der Waals surface area contributed by atoms with Crippen LogP contribution in [0.15, 0.2) is 78.6 Å². The van der Waals surface area contributed by atoms with E-state index in [-0.39, 0.29) is 11.6 Å². The molecule has 3 aromatic heterocycles. The molecule has 5 rings (SSSR count). The van der Waals surface area contributed by atoms with Gasteiger partial charge in [0.2, 0.25) is 0 Å². The summed E-state index contributed by atoms with van der Waals surface area (Å²) in [5, 5.41) is 10.9. The lowest BCUT2D eigenvalue weighted by molar-refractivity contribution is 0.0951. The number of halogens is 2. The smallest absolute Gasteiger partial charge is 0.323 e. The zero-order chi connectivity index (χ0) is 26.6. The van der Waals surface area contributed by atoms with Crippen LogP contribution in [-0.2, 0) is 6.54 Å². The van der Waals surface area contributed by atoms with Crippen molar-refractivity contribution in [2.45, 2.75) is 6.54 Å². The maximum Gasteiger partial charge on any atom is 0.323 e. The molecule has 8 nitrogen and oxygen atoms in total. The third kappa shape index (κ3) is 5.58. The molecule has 3 heterocycles. The highest BCUT2D eigenvalue weighted by molar-refractivity contribution is 14.1. The van der Waals surface area contributed by atoms with Crippen LogP contribution in [0.4, 0.5) is 26.4 Å². The number of nitrogens with one attached hydrogen (secondary N) is 3. The largest absolute Gasteiger partial charge is 0.383 e. The van der Waals surface area contributed by atoms with E-state index in [2.05, 4.69) is 25.9 Å². The number of fused-ring (bicyclic) bond motifs is 1. The van der Waals surface area contributed by atoms with Crippen molar-refractivity contribution < 1.29 is 14.0 Å². The van der Waals surface area contributed by atoms with Crippen molar-refractivity contribution in [1.82, 2.24) is 15.3 Å². The molecule has 11 heteroatoms. The third-order valence-corrected chi connectivity index (χ3v) is 7.44. The molecule has 0 saturated heterocycles. The third-order valence-electron chi connectivity index (χ3n) is 5.71. The fourth-order valence-corrected chi connectivity index (χ4v) is 5.44. The number of carbonyl (C=O) groups is 2. The van der Waals surface area contributed by atoms with Crippen molar-refractivity contribution in [1.29, 1.82) is 0 Å². The number of aromatic nitrogens is 2. The molecule has 0 atom stereocenters. The van der Waals surface area contributed by atoms with E-state index in [1.165, 1.54) is 17.4 Å². The number of nitrogens with zero attached hydrogens (tertiary/aromatic N) is 2. The highest BCUT2D eigenvalue weighted by atomic mass is 127. The molecular formula is C27H20FIN6O2S. The number of nitrogens with two attached hydrogens (primary N) is 1. The monoisotopic (exact) mass is 638 g/mol. The molecule has 38 heavy (non-hydrogen) atoms. The summed E-state index contributed by atoms with van der Waals surface area (Å²) in [6.45, 7) is 0.296. The Balaban J connectivity index is 1.31. The van der Waals surface area contributed by atoms with Crippen LogP contribution in [0.5, 0.6) is 0 Å². The first kappa shape index (κ1) is 25.5. The van der Waals surface area contributed by atoms with Gasteiger partial charge in [0.1, 0.15) is 11.6 Å². The molecular weight excluding hydrogens is 618 g/mol. The van der Waals surface area contributed by atoms with Gasteiger partial charge >= 0.3 is 6.03 Å². The van der Waals surface area contributed by atoms with E-state index < -0.39 is 11.8 Å². The predicted molar refractivity (Wildman–Crippen MR) is 157 cm³/mol. The van der Waals surface area contributed by atoms with E-state index >= 15 is 0 Å². The first-order chi connectivity index (χ1) is 18.4. The normalized spacial score (nSPS) is 10.8. The van der Waals surface area contributed by atoms with Crippen LogP contribution in [0.25, 0.3) is 21.2 Å². The zero-order valence-corrected chi connectivity index (χ0v) is 22.6. The number of rotatable bonds is 6. The van der Waals surface area contributed by atoms with Crippen LogP contribution in [0.2, 0.25) is 0 Å². The SMILES string of the molecule is Nc1ncc(CNC(=O)c2ccncc2)c2scc(-c3ccc(NC(=O)Nc4cc(I)ccc4F)cc3)c12. The van der Waals surface area contributed by atoms with E-state index in [1.807, 2.05) is 40.1 Å². The van der Waals surface area contributed by atoms with Gasteiger partial charge in [-0.15, -0.1) is 11.3 Å². The molecule has 0 aliphatic heterocycles. The predicted octanol–water partition coefficient (Wildman–Crippen LogP) is 6.26. The number of amides is 3. The van der Waals surface area contributed by atoms with Crippen LogP contribution in [0.1, 0.15) is 15.9 Å². The van der Waals surface area contributed by atoms with Crippen LogP contribution in [0.3, 0.4) is 0 Å². The molecule has 5 aromatic rings. The summed E-state index contributed by atoms with van der Waals surface area (Å²) in [6, 6.07) is 14.5. The van der Waals surface area contributed by atoms with Crippen LogP contribution >= 0.6 is 33.9 Å². The Bertz CT molecular complexity index is 1640. The van der Waals surface area contributed by atoms with Crippen LogP contribution in [-0.4, -0.2) is 21.9 Å². The van der Waals surface area contributed by atoms with Gasteiger partial charge in [-0.05, 0) is 76.0 Å². The number of carbonyl (C=O) groups excluding carboxylic acids is 2. The minimum Gasteiger partial charge on any atom is -0.383 e. The summed E-state index contributed by atoms with van der Waals surface area (Å²) in [5.41, 5.74) is 10.1. The Morgan fingerprint density at radius 1 is 1.03 bits per heavy atom. The van der Waals surface area contributed by atoms with E-state index in [9.17, 15) is 14.0 Å². The van der Waals surface area contributed by atoms with Gasteiger partial charge in [0.15, 0.2) is 0 Å². The Hall–Kier alpha value is -4.10. The molecule has 190 valence electrons. The molecule has 2 aromatic carbocycles. The number of hydrogen-bond acceptors (Lipinski definition) is 6. The average Bonchev–Trinajstić information content (AvgIpc) is 3.37. The van der Waals surface area contributed by atoms with Gasteiger partial charge in [0, 0.05) is 61.2 Å². The van der Waals surface area contributed by atoms with E-state index in [0.717, 1.165) is 30.3 Å². The van der Waals surface area contributed by atoms with E-state index in [1.54, 1.807) is 55.0 Å². The second-order valence-corrected chi connectivity index (χ2v) is 10.3. The molecule has 0 unspecified atom stereocenters. The maximum absolute atomic E-state index is 14.0. The molecule has 0 saturated carbocycles. The second kappa shape index (κ2) is 11.1. The molecule has 3 amide bonds. The van der Waals surface area contributed by atoms with E-state index in [4.69, 9.17) is 5.73 Å². The molecule has 5 N–H and O–H groups in total. The zero-order valence-electron chi connectivity index (χ0n) is 19.7. The number of thiophene rings is 1. The second-order valence-electron chi connectivity index (χ2n) is 8.22. The minimum absolute atomic E-state index is 0.103. The molecule has 0 bridgehead atoms. The lowest BCUT2D eigenvalue weighted by atomic mass is 10.0. The standard InChI is InChI=1S/C27H20FIN6O2S/c28-21-6-3-18(29)11-22(21)35-27(37)34-19-4-1-15(2-5-19)20-14-38-24-17(12-32-25(30)23(20)24)13-33-26(36)16-7-9-31-10-8-16/h1-12,14H,13H2,(H2,30,32)(H,33,36)(H2,34,35,37). The average molecular weight is 638 g/mol. The topological polar surface area (TPSA) is 122 Å². The minimum atomic E-state index is -0.550. The van der Waals surface area contributed by atoms with Gasteiger partial charge in [-0.1, -0.05) is 12.1 Å². The molecule has 0 aliphatic carbocycles. The van der Waals surface area contributed by atoms with Gasteiger partial charge in [-0.3, -0.25) is 9.78 Å². The van der Waals surface area contributed by atoms with Crippen molar-refractivity contribution >= 4 is 73.1 Å². The quantitative estimate of drug-likeness (QED) is 0.164. The van der Waals surface area contributed by atoms with Crippen molar-refractivity contribution in [2.24, 2.45) is 0 Å². The Kier molecular flexibility index (Phi) is 7.47. The maximum atomic E-state index is 14.0. The van der Waals surface area contributed by atoms with Crippen molar-refractivity contribution in [3.05, 3.63) is 99.1 Å². The van der Waals surface area contributed by atoms with Gasteiger partial charge < -0.3 is 21.7 Å². The number of nitrogen functional groups attached to an aromatic ring is 1.